The molecular weight excluding hydrogens is 466 g/mol. The first kappa shape index (κ1) is 22.3. The summed E-state index contributed by atoms with van der Waals surface area (Å²) in [6.45, 7) is 8.85. The molecule has 1 saturated heterocycles. The molecule has 7 heteroatoms. The third-order valence-corrected chi connectivity index (χ3v) is 6.48. The van der Waals surface area contributed by atoms with Gasteiger partial charge in [-0.2, -0.15) is 0 Å². The summed E-state index contributed by atoms with van der Waals surface area (Å²) in [7, 11) is 0. The van der Waals surface area contributed by atoms with Crippen LogP contribution in [-0.4, -0.2) is 47.1 Å². The predicted octanol–water partition coefficient (Wildman–Crippen LogP) is 5.11. The zero-order valence-corrected chi connectivity index (χ0v) is 20.3. The molecule has 166 valence electrons. The van der Waals surface area contributed by atoms with Gasteiger partial charge in [-0.1, -0.05) is 42.0 Å². The average Bonchev–Trinajstić information content (AvgIpc) is 2.78. The van der Waals surface area contributed by atoms with Gasteiger partial charge in [0.2, 0.25) is 0 Å². The highest BCUT2D eigenvalue weighted by atomic mass is 79.9. The third-order valence-electron chi connectivity index (χ3n) is 5.79. The fourth-order valence-corrected chi connectivity index (χ4v) is 4.36. The number of hydrogen-bond donors (Lipinski definition) is 1. The third kappa shape index (κ3) is 5.10. The van der Waals surface area contributed by atoms with Crippen molar-refractivity contribution in [2.45, 2.75) is 27.2 Å². The van der Waals surface area contributed by atoms with Crippen LogP contribution in [0, 0.1) is 20.8 Å². The van der Waals surface area contributed by atoms with E-state index in [9.17, 15) is 4.79 Å². The number of piperazine rings is 1. The van der Waals surface area contributed by atoms with Crippen LogP contribution in [0.15, 0.2) is 53.0 Å². The van der Waals surface area contributed by atoms with Crippen molar-refractivity contribution in [2.24, 2.45) is 0 Å². The first-order chi connectivity index (χ1) is 15.4. The molecule has 2 heterocycles. The predicted molar refractivity (Wildman–Crippen MR) is 132 cm³/mol. The van der Waals surface area contributed by atoms with Crippen molar-refractivity contribution in [2.75, 3.05) is 36.4 Å². The van der Waals surface area contributed by atoms with E-state index >= 15 is 0 Å². The van der Waals surface area contributed by atoms with Gasteiger partial charge >= 0.3 is 6.03 Å². The Labute approximate surface area is 197 Å². The molecule has 0 bridgehead atoms. The van der Waals surface area contributed by atoms with Crippen molar-refractivity contribution >= 4 is 33.5 Å². The van der Waals surface area contributed by atoms with Gasteiger partial charge in [-0.25, -0.2) is 14.8 Å². The highest BCUT2D eigenvalue weighted by Gasteiger charge is 2.25. The molecule has 0 radical (unpaired) electrons. The molecule has 0 saturated carbocycles. The molecule has 0 unspecified atom stereocenters. The Kier molecular flexibility index (Phi) is 6.74. The van der Waals surface area contributed by atoms with Crippen LogP contribution in [-0.2, 0) is 6.42 Å². The Morgan fingerprint density at radius 2 is 1.66 bits per heavy atom. The molecule has 0 aliphatic carbocycles. The van der Waals surface area contributed by atoms with E-state index in [0.29, 0.717) is 13.1 Å². The van der Waals surface area contributed by atoms with Gasteiger partial charge in [0.05, 0.1) is 5.69 Å². The molecule has 3 aromatic rings. The van der Waals surface area contributed by atoms with Crippen LogP contribution in [0.25, 0.3) is 0 Å². The second-order valence-electron chi connectivity index (χ2n) is 8.20. The minimum Gasteiger partial charge on any atom is -0.353 e. The first-order valence-corrected chi connectivity index (χ1v) is 11.6. The van der Waals surface area contributed by atoms with E-state index in [0.717, 1.165) is 52.6 Å². The number of nitrogens with zero attached hydrogens (tertiary/aromatic N) is 4. The van der Waals surface area contributed by atoms with Crippen LogP contribution in [0.1, 0.15) is 28.2 Å². The van der Waals surface area contributed by atoms with Crippen LogP contribution in [0.3, 0.4) is 0 Å². The van der Waals surface area contributed by atoms with Gasteiger partial charge in [-0.3, -0.25) is 0 Å². The number of aryl methyl sites for hydroxylation is 3. The molecule has 0 atom stereocenters. The highest BCUT2D eigenvalue weighted by Crippen LogP contribution is 2.26. The number of carbonyl (C=O) groups is 1. The van der Waals surface area contributed by atoms with E-state index < -0.39 is 0 Å². The number of amides is 2. The summed E-state index contributed by atoms with van der Waals surface area (Å²) < 4.78 is 0.875. The molecule has 1 aliphatic heterocycles. The summed E-state index contributed by atoms with van der Waals surface area (Å²) in [5, 5.41) is 3.00. The van der Waals surface area contributed by atoms with Crippen molar-refractivity contribution in [1.82, 2.24) is 14.9 Å². The van der Waals surface area contributed by atoms with E-state index in [4.69, 9.17) is 4.98 Å². The summed E-state index contributed by atoms with van der Waals surface area (Å²) >= 11 is 3.49. The first-order valence-electron chi connectivity index (χ1n) is 10.9. The number of halogens is 1. The van der Waals surface area contributed by atoms with Gasteiger partial charge in [0.25, 0.3) is 0 Å². The Balaban J connectivity index is 1.47. The molecule has 1 fully saturated rings. The molecule has 6 nitrogen and oxygen atoms in total. The molecule has 0 spiro atoms. The Hall–Kier alpha value is -2.93. The van der Waals surface area contributed by atoms with Crippen LogP contribution in [0.4, 0.5) is 16.3 Å². The molecule has 4 rings (SSSR count). The molecule has 2 amide bonds. The molecule has 1 N–H and O–H groups in total. The van der Waals surface area contributed by atoms with E-state index in [1.807, 2.05) is 36.1 Å². The second kappa shape index (κ2) is 9.69. The lowest BCUT2D eigenvalue weighted by Crippen LogP contribution is -2.50. The number of nitrogens with one attached hydrogen (secondary N) is 1. The van der Waals surface area contributed by atoms with Crippen LogP contribution < -0.4 is 10.2 Å². The van der Waals surface area contributed by atoms with Crippen LogP contribution >= 0.6 is 15.9 Å². The number of carbonyl (C=O) groups excluding carboxylic acids is 1. The fourth-order valence-electron chi connectivity index (χ4n) is 3.97. The zero-order valence-electron chi connectivity index (χ0n) is 18.7. The number of urea groups is 1. The lowest BCUT2D eigenvalue weighted by atomic mass is 10.0. The molecule has 1 aliphatic rings. The molecule has 1 aromatic heterocycles. The minimum atomic E-state index is -0.0773. The van der Waals surface area contributed by atoms with Gasteiger partial charge in [0, 0.05) is 48.3 Å². The normalized spacial score (nSPS) is 13.9. The lowest BCUT2D eigenvalue weighted by Gasteiger charge is -2.36. The fraction of sp³-hybridized carbons (Fsp3) is 0.320. The second-order valence-corrected chi connectivity index (χ2v) is 9.06. The summed E-state index contributed by atoms with van der Waals surface area (Å²) in [6, 6.07) is 16.2. The summed E-state index contributed by atoms with van der Waals surface area (Å²) in [5.74, 6) is 1.76. The van der Waals surface area contributed by atoms with Crippen molar-refractivity contribution in [1.29, 1.82) is 0 Å². The van der Waals surface area contributed by atoms with E-state index in [2.05, 4.69) is 69.2 Å². The van der Waals surface area contributed by atoms with E-state index in [1.165, 1.54) is 11.1 Å². The number of hydrogen-bond acceptors (Lipinski definition) is 4. The van der Waals surface area contributed by atoms with Crippen molar-refractivity contribution in [3.8, 4) is 0 Å². The van der Waals surface area contributed by atoms with E-state index in [1.54, 1.807) is 0 Å². The Morgan fingerprint density at radius 3 is 2.34 bits per heavy atom. The van der Waals surface area contributed by atoms with Gasteiger partial charge < -0.3 is 15.1 Å². The number of para-hydroxylation sites is 1. The smallest absolute Gasteiger partial charge is 0.321 e. The van der Waals surface area contributed by atoms with Crippen molar-refractivity contribution in [3.05, 3.63) is 81.2 Å². The van der Waals surface area contributed by atoms with Gasteiger partial charge in [-0.05, 0) is 54.4 Å². The van der Waals surface area contributed by atoms with Gasteiger partial charge in [0.1, 0.15) is 11.6 Å². The average molecular weight is 494 g/mol. The van der Waals surface area contributed by atoms with Crippen LogP contribution in [0.5, 0.6) is 0 Å². The van der Waals surface area contributed by atoms with E-state index in [-0.39, 0.29) is 6.03 Å². The molecule has 2 aromatic carbocycles. The summed E-state index contributed by atoms with van der Waals surface area (Å²) in [5.41, 5.74) is 5.46. The SMILES string of the molecule is Cc1ccc(Cc2c(C)nc(C)nc2N2CCN(C(=O)Nc3ccccc3Br)CC2)cc1. The number of benzene rings is 2. The zero-order chi connectivity index (χ0) is 22.7. The van der Waals surface area contributed by atoms with Gasteiger partial charge in [-0.15, -0.1) is 0 Å². The largest absolute Gasteiger partial charge is 0.353 e. The lowest BCUT2D eigenvalue weighted by molar-refractivity contribution is 0.208. The number of anilines is 2. The highest BCUT2D eigenvalue weighted by molar-refractivity contribution is 9.10. The maximum Gasteiger partial charge on any atom is 0.321 e. The molecular formula is C25H28BrN5O. The molecule has 32 heavy (non-hydrogen) atoms. The van der Waals surface area contributed by atoms with Crippen LogP contribution in [0.2, 0.25) is 0 Å². The topological polar surface area (TPSA) is 61.4 Å². The van der Waals surface area contributed by atoms with Crippen molar-refractivity contribution < 1.29 is 4.79 Å². The quantitative estimate of drug-likeness (QED) is 0.548. The Morgan fingerprint density at radius 1 is 0.969 bits per heavy atom. The number of rotatable bonds is 4. The minimum absolute atomic E-state index is 0.0773. The monoisotopic (exact) mass is 493 g/mol. The standard InChI is InChI=1S/C25H28BrN5O/c1-17-8-10-20(11-9-17)16-21-18(2)27-19(3)28-24(21)30-12-14-31(15-13-30)25(32)29-23-7-5-4-6-22(23)26/h4-11H,12-16H2,1-3H3,(H,29,32). The summed E-state index contributed by atoms with van der Waals surface area (Å²) in [6.07, 6.45) is 0.796. The van der Waals surface area contributed by atoms with Crippen molar-refractivity contribution in [3.63, 3.8) is 0 Å². The number of aromatic nitrogens is 2. The summed E-state index contributed by atoms with van der Waals surface area (Å²) in [4.78, 5) is 26.3. The Bertz CT molecular complexity index is 1110. The maximum atomic E-state index is 12.8. The maximum absolute atomic E-state index is 12.8. The van der Waals surface area contributed by atoms with Gasteiger partial charge in [0.15, 0.2) is 0 Å².